The van der Waals surface area contributed by atoms with E-state index in [1.54, 1.807) is 0 Å². The van der Waals surface area contributed by atoms with Crippen molar-refractivity contribution < 1.29 is 13.2 Å². The van der Waals surface area contributed by atoms with Gasteiger partial charge in [-0.1, -0.05) is 6.92 Å². The van der Waals surface area contributed by atoms with Gasteiger partial charge in [0.05, 0.1) is 13.2 Å². The van der Waals surface area contributed by atoms with Crippen LogP contribution in [0.3, 0.4) is 0 Å². The Morgan fingerprint density at radius 2 is 1.92 bits per heavy atom. The maximum Gasteiger partial charge on any atom is 0.219 e. The zero-order valence-electron chi connectivity index (χ0n) is 7.69. The first-order valence-electron chi connectivity index (χ1n) is 4.67. The number of ether oxygens (including phenoxy) is 1. The van der Waals surface area contributed by atoms with E-state index in [9.17, 15) is 8.42 Å². The molecule has 0 atom stereocenters. The molecule has 1 heterocycles. The zero-order chi connectivity index (χ0) is 9.47. The molecule has 1 aliphatic heterocycles. The SMILES string of the molecule is CC1CC(NS(=O)(=O)C2COC2)C1. The second-order valence-corrected chi connectivity index (χ2v) is 6.09. The fraction of sp³-hybridized carbons (Fsp3) is 1.00. The highest BCUT2D eigenvalue weighted by atomic mass is 32.2. The molecule has 1 saturated carbocycles. The van der Waals surface area contributed by atoms with Crippen molar-refractivity contribution in [3.8, 4) is 0 Å². The first kappa shape index (κ1) is 9.43. The molecule has 0 bridgehead atoms. The molecular weight excluding hydrogens is 190 g/mol. The quantitative estimate of drug-likeness (QED) is 0.711. The molecule has 13 heavy (non-hydrogen) atoms. The second kappa shape index (κ2) is 3.22. The van der Waals surface area contributed by atoms with E-state index in [1.165, 1.54) is 0 Å². The number of nitrogens with one attached hydrogen (secondary N) is 1. The van der Waals surface area contributed by atoms with Crippen LogP contribution >= 0.6 is 0 Å². The summed E-state index contributed by atoms with van der Waals surface area (Å²) in [5.74, 6) is 0.672. The van der Waals surface area contributed by atoms with Crippen molar-refractivity contribution in [3.63, 3.8) is 0 Å². The van der Waals surface area contributed by atoms with Gasteiger partial charge in [0.1, 0.15) is 5.25 Å². The molecule has 0 unspecified atom stereocenters. The molecule has 0 aromatic heterocycles. The highest BCUT2D eigenvalue weighted by molar-refractivity contribution is 7.90. The maximum absolute atomic E-state index is 11.5. The third kappa shape index (κ3) is 1.87. The normalized spacial score (nSPS) is 35.2. The molecule has 2 fully saturated rings. The summed E-state index contributed by atoms with van der Waals surface area (Å²) in [5.41, 5.74) is 0. The van der Waals surface area contributed by atoms with Gasteiger partial charge < -0.3 is 4.74 Å². The van der Waals surface area contributed by atoms with Gasteiger partial charge in [-0.05, 0) is 18.8 Å². The third-order valence-corrected chi connectivity index (χ3v) is 4.56. The number of hydrogen-bond donors (Lipinski definition) is 1. The molecule has 0 amide bonds. The summed E-state index contributed by atoms with van der Waals surface area (Å²) in [4.78, 5) is 0. The van der Waals surface area contributed by atoms with Crippen LogP contribution in [0.25, 0.3) is 0 Å². The van der Waals surface area contributed by atoms with Crippen molar-refractivity contribution in [3.05, 3.63) is 0 Å². The van der Waals surface area contributed by atoms with Crippen LogP contribution in [0.5, 0.6) is 0 Å². The highest BCUT2D eigenvalue weighted by Gasteiger charge is 2.36. The highest BCUT2D eigenvalue weighted by Crippen LogP contribution is 2.27. The summed E-state index contributed by atoms with van der Waals surface area (Å²) < 4.78 is 30.6. The Morgan fingerprint density at radius 3 is 2.31 bits per heavy atom. The molecular formula is C8H15NO3S. The lowest BCUT2D eigenvalue weighted by atomic mass is 9.83. The van der Waals surface area contributed by atoms with E-state index < -0.39 is 10.0 Å². The Hall–Kier alpha value is -0.130. The minimum Gasteiger partial charge on any atom is -0.378 e. The molecule has 5 heteroatoms. The van der Waals surface area contributed by atoms with Gasteiger partial charge in [-0.3, -0.25) is 0 Å². The lowest BCUT2D eigenvalue weighted by Crippen LogP contribution is -2.52. The molecule has 1 aliphatic carbocycles. The van der Waals surface area contributed by atoms with Crippen LogP contribution in [0.15, 0.2) is 0 Å². The van der Waals surface area contributed by atoms with Crippen molar-refractivity contribution in [1.82, 2.24) is 4.72 Å². The zero-order valence-corrected chi connectivity index (χ0v) is 8.51. The Bertz CT molecular complexity index is 278. The Labute approximate surface area is 78.7 Å². The number of hydrogen-bond acceptors (Lipinski definition) is 3. The molecule has 0 spiro atoms. The van der Waals surface area contributed by atoms with Crippen LogP contribution in [0.2, 0.25) is 0 Å². The Balaban J connectivity index is 1.86. The van der Waals surface area contributed by atoms with Crippen LogP contribution in [0.1, 0.15) is 19.8 Å². The number of rotatable bonds is 3. The van der Waals surface area contributed by atoms with E-state index in [0.717, 1.165) is 12.8 Å². The fourth-order valence-electron chi connectivity index (χ4n) is 1.72. The third-order valence-electron chi connectivity index (χ3n) is 2.75. The van der Waals surface area contributed by atoms with Gasteiger partial charge in [0.25, 0.3) is 0 Å². The smallest absolute Gasteiger partial charge is 0.219 e. The van der Waals surface area contributed by atoms with Crippen LogP contribution in [0, 0.1) is 5.92 Å². The second-order valence-electron chi connectivity index (χ2n) is 4.10. The van der Waals surface area contributed by atoms with Gasteiger partial charge in [0.2, 0.25) is 10.0 Å². The van der Waals surface area contributed by atoms with Crippen molar-refractivity contribution in [2.75, 3.05) is 13.2 Å². The molecule has 2 rings (SSSR count). The largest absolute Gasteiger partial charge is 0.378 e. The molecule has 1 N–H and O–H groups in total. The summed E-state index contributed by atoms with van der Waals surface area (Å²) in [5, 5.41) is -0.302. The van der Waals surface area contributed by atoms with Crippen LogP contribution in [0.4, 0.5) is 0 Å². The van der Waals surface area contributed by atoms with Gasteiger partial charge in [-0.25, -0.2) is 13.1 Å². The standard InChI is InChI=1S/C8H15NO3S/c1-6-2-7(3-6)9-13(10,11)8-4-12-5-8/h6-9H,2-5H2,1H3. The van der Waals surface area contributed by atoms with Crippen molar-refractivity contribution in [1.29, 1.82) is 0 Å². The van der Waals surface area contributed by atoms with E-state index in [-0.39, 0.29) is 11.3 Å². The Kier molecular flexibility index (Phi) is 2.33. The Morgan fingerprint density at radius 1 is 1.31 bits per heavy atom. The average Bonchev–Trinajstić information content (AvgIpc) is 1.77. The van der Waals surface area contributed by atoms with Crippen LogP contribution in [-0.2, 0) is 14.8 Å². The molecule has 0 aromatic rings. The maximum atomic E-state index is 11.5. The molecule has 2 aliphatic rings. The van der Waals surface area contributed by atoms with Gasteiger partial charge in [-0.2, -0.15) is 0 Å². The molecule has 1 saturated heterocycles. The number of sulfonamides is 1. The van der Waals surface area contributed by atoms with E-state index >= 15 is 0 Å². The van der Waals surface area contributed by atoms with Crippen LogP contribution < -0.4 is 4.72 Å². The first-order valence-corrected chi connectivity index (χ1v) is 6.21. The van der Waals surface area contributed by atoms with E-state index in [0.29, 0.717) is 19.1 Å². The van der Waals surface area contributed by atoms with E-state index in [4.69, 9.17) is 4.74 Å². The molecule has 0 radical (unpaired) electrons. The van der Waals surface area contributed by atoms with Gasteiger partial charge >= 0.3 is 0 Å². The van der Waals surface area contributed by atoms with Crippen LogP contribution in [-0.4, -0.2) is 32.9 Å². The topological polar surface area (TPSA) is 55.4 Å². The summed E-state index contributed by atoms with van der Waals surface area (Å²) >= 11 is 0. The minimum atomic E-state index is -3.08. The lowest BCUT2D eigenvalue weighted by molar-refractivity contribution is 0.0407. The van der Waals surface area contributed by atoms with Crippen molar-refractivity contribution in [2.45, 2.75) is 31.1 Å². The molecule has 4 nitrogen and oxygen atoms in total. The molecule has 76 valence electrons. The lowest BCUT2D eigenvalue weighted by Gasteiger charge is -2.35. The summed E-state index contributed by atoms with van der Waals surface area (Å²) in [7, 11) is -3.08. The minimum absolute atomic E-state index is 0.181. The predicted molar refractivity (Wildman–Crippen MR) is 48.8 cm³/mol. The van der Waals surface area contributed by atoms with E-state index in [1.807, 2.05) is 0 Å². The molecule has 0 aromatic carbocycles. The van der Waals surface area contributed by atoms with Gasteiger partial charge in [0, 0.05) is 6.04 Å². The summed E-state index contributed by atoms with van der Waals surface area (Å²) in [6, 6.07) is 0.181. The monoisotopic (exact) mass is 205 g/mol. The fourth-order valence-corrected chi connectivity index (χ4v) is 3.12. The summed E-state index contributed by atoms with van der Waals surface area (Å²) in [6.07, 6.45) is 1.96. The summed E-state index contributed by atoms with van der Waals surface area (Å²) in [6.45, 7) is 2.85. The van der Waals surface area contributed by atoms with Crippen molar-refractivity contribution in [2.24, 2.45) is 5.92 Å². The van der Waals surface area contributed by atoms with Crippen molar-refractivity contribution >= 4 is 10.0 Å². The van der Waals surface area contributed by atoms with E-state index in [2.05, 4.69) is 11.6 Å². The van der Waals surface area contributed by atoms with Gasteiger partial charge in [-0.15, -0.1) is 0 Å². The average molecular weight is 205 g/mol. The van der Waals surface area contributed by atoms with Gasteiger partial charge in [0.15, 0.2) is 0 Å². The predicted octanol–water partition coefficient (Wildman–Crippen LogP) is 0.103. The first-order chi connectivity index (χ1) is 6.08.